The van der Waals surface area contributed by atoms with Crippen molar-refractivity contribution in [1.82, 2.24) is 9.88 Å². The molecule has 8 heteroatoms. The molecule has 0 spiro atoms. The van der Waals surface area contributed by atoms with E-state index >= 15 is 0 Å². The Balaban J connectivity index is 2.05. The molecule has 2 rings (SSSR count). The Morgan fingerprint density at radius 1 is 1.25 bits per heavy atom. The number of carbonyl (C=O) groups is 1. The normalized spacial score (nSPS) is 11.4. The van der Waals surface area contributed by atoms with Crippen LogP contribution in [-0.2, 0) is 24.1 Å². The van der Waals surface area contributed by atoms with Crippen molar-refractivity contribution >= 4 is 5.91 Å². The van der Waals surface area contributed by atoms with E-state index in [0.29, 0.717) is 21.8 Å². The number of benzene rings is 1. The fourth-order valence-corrected chi connectivity index (χ4v) is 2.03. The highest BCUT2D eigenvalue weighted by Gasteiger charge is 2.34. The van der Waals surface area contributed by atoms with Crippen LogP contribution >= 0.6 is 0 Å². The van der Waals surface area contributed by atoms with Gasteiger partial charge in [-0.2, -0.15) is 13.2 Å². The molecule has 0 aliphatic rings. The second-order valence-corrected chi connectivity index (χ2v) is 5.21. The average molecular weight is 342 g/mol. The van der Waals surface area contributed by atoms with Crippen LogP contribution in [0.3, 0.4) is 0 Å². The number of aryl methyl sites for hydroxylation is 1. The summed E-state index contributed by atoms with van der Waals surface area (Å²) >= 11 is 0. The zero-order chi connectivity index (χ0) is 17.9. The zero-order valence-corrected chi connectivity index (χ0v) is 12.7. The number of nitrogens with one attached hydrogen (secondary N) is 1. The van der Waals surface area contributed by atoms with Crippen LogP contribution in [0.1, 0.15) is 16.7 Å². The third-order valence-corrected chi connectivity index (χ3v) is 3.37. The summed E-state index contributed by atoms with van der Waals surface area (Å²) in [5, 5.41) is 2.43. The lowest BCUT2D eigenvalue weighted by Crippen LogP contribution is -2.34. The summed E-state index contributed by atoms with van der Waals surface area (Å²) < 4.78 is 52.0. The monoisotopic (exact) mass is 342 g/mol. The van der Waals surface area contributed by atoms with Gasteiger partial charge in [0.15, 0.2) is 0 Å². The molecule has 2 aromatic rings. The van der Waals surface area contributed by atoms with Crippen molar-refractivity contribution in [3.05, 3.63) is 69.4 Å². The molecule has 0 unspecified atom stereocenters. The van der Waals surface area contributed by atoms with Crippen molar-refractivity contribution in [2.75, 3.05) is 0 Å². The predicted octanol–water partition coefficient (Wildman–Crippen LogP) is 2.63. The van der Waals surface area contributed by atoms with Crippen LogP contribution in [0.5, 0.6) is 0 Å². The fourth-order valence-electron chi connectivity index (χ4n) is 2.03. The highest BCUT2D eigenvalue weighted by atomic mass is 19.4. The second-order valence-electron chi connectivity index (χ2n) is 5.21. The highest BCUT2D eigenvalue weighted by molar-refractivity contribution is 5.75. The molecule has 0 saturated carbocycles. The Morgan fingerprint density at radius 2 is 1.96 bits per heavy atom. The van der Waals surface area contributed by atoms with E-state index in [0.717, 1.165) is 12.3 Å². The van der Waals surface area contributed by atoms with E-state index in [1.165, 1.54) is 6.07 Å². The van der Waals surface area contributed by atoms with Gasteiger partial charge in [-0.15, -0.1) is 0 Å². The number of alkyl halides is 3. The van der Waals surface area contributed by atoms with Crippen molar-refractivity contribution in [3.63, 3.8) is 0 Å². The Bertz CT molecular complexity index is 812. The quantitative estimate of drug-likeness (QED) is 0.869. The van der Waals surface area contributed by atoms with E-state index in [-0.39, 0.29) is 6.54 Å². The maximum atomic E-state index is 13.4. The molecule has 1 amide bonds. The first-order valence-electron chi connectivity index (χ1n) is 6.97. The van der Waals surface area contributed by atoms with E-state index < -0.39 is 35.6 Å². The number of nitrogens with zero attached hydrogens (tertiary/aromatic N) is 1. The zero-order valence-electron chi connectivity index (χ0n) is 12.7. The van der Waals surface area contributed by atoms with E-state index in [4.69, 9.17) is 0 Å². The van der Waals surface area contributed by atoms with Crippen molar-refractivity contribution in [3.8, 4) is 0 Å². The first kappa shape index (κ1) is 17.7. The minimum atomic E-state index is -4.78. The Kier molecular flexibility index (Phi) is 5.06. The molecular formula is C16H14F4N2O2. The minimum Gasteiger partial charge on any atom is -0.350 e. The first-order chi connectivity index (χ1) is 11.2. The number of amides is 1. The van der Waals surface area contributed by atoms with E-state index in [1.807, 2.05) is 0 Å². The van der Waals surface area contributed by atoms with Crippen molar-refractivity contribution in [2.45, 2.75) is 26.2 Å². The summed E-state index contributed by atoms with van der Waals surface area (Å²) in [4.78, 5) is 23.5. The summed E-state index contributed by atoms with van der Waals surface area (Å²) in [5.74, 6) is -1.08. The van der Waals surface area contributed by atoms with Gasteiger partial charge in [0, 0.05) is 12.7 Å². The molecule has 1 aromatic carbocycles. The van der Waals surface area contributed by atoms with Crippen LogP contribution < -0.4 is 10.9 Å². The summed E-state index contributed by atoms with van der Waals surface area (Å²) in [6.07, 6.45) is -3.68. The van der Waals surface area contributed by atoms with Gasteiger partial charge in [-0.05, 0) is 36.2 Å². The Morgan fingerprint density at radius 3 is 2.58 bits per heavy atom. The Labute approximate surface area is 134 Å². The van der Waals surface area contributed by atoms with Gasteiger partial charge in [-0.3, -0.25) is 9.59 Å². The van der Waals surface area contributed by atoms with E-state index in [9.17, 15) is 27.2 Å². The molecule has 0 bridgehead atoms. The molecule has 1 heterocycles. The van der Waals surface area contributed by atoms with Crippen LogP contribution in [0.4, 0.5) is 17.6 Å². The molecule has 24 heavy (non-hydrogen) atoms. The first-order valence-corrected chi connectivity index (χ1v) is 6.97. The summed E-state index contributed by atoms with van der Waals surface area (Å²) in [6, 6.07) is 6.13. The standard InChI is InChI=1S/C16H14F4N2O2/c1-10-4-5-11(7-13(10)17)8-21-14(23)9-22-6-2-3-12(15(22)24)16(18,19)20/h2-7H,8-9H2,1H3,(H,21,23). The van der Waals surface area contributed by atoms with Crippen LogP contribution in [0.2, 0.25) is 0 Å². The topological polar surface area (TPSA) is 51.1 Å². The smallest absolute Gasteiger partial charge is 0.350 e. The Hall–Kier alpha value is -2.64. The molecule has 0 atom stereocenters. The number of hydrogen-bond donors (Lipinski definition) is 1. The number of halogens is 4. The number of hydrogen-bond acceptors (Lipinski definition) is 2. The predicted molar refractivity (Wildman–Crippen MR) is 78.7 cm³/mol. The van der Waals surface area contributed by atoms with Crippen LogP contribution in [0, 0.1) is 12.7 Å². The third-order valence-electron chi connectivity index (χ3n) is 3.37. The average Bonchev–Trinajstić information content (AvgIpc) is 2.49. The largest absolute Gasteiger partial charge is 0.421 e. The van der Waals surface area contributed by atoms with Gasteiger partial charge in [0.1, 0.15) is 17.9 Å². The molecular weight excluding hydrogens is 328 g/mol. The number of rotatable bonds is 4. The second kappa shape index (κ2) is 6.86. The molecule has 0 radical (unpaired) electrons. The lowest BCUT2D eigenvalue weighted by molar-refractivity contribution is -0.139. The summed E-state index contributed by atoms with van der Waals surface area (Å²) in [6.45, 7) is 1.04. The highest BCUT2D eigenvalue weighted by Crippen LogP contribution is 2.25. The third kappa shape index (κ3) is 4.21. The van der Waals surface area contributed by atoms with Crippen LogP contribution in [-0.4, -0.2) is 10.5 Å². The van der Waals surface area contributed by atoms with Gasteiger partial charge < -0.3 is 9.88 Å². The van der Waals surface area contributed by atoms with Gasteiger partial charge in [0.05, 0.1) is 0 Å². The van der Waals surface area contributed by atoms with Crippen LogP contribution in [0.25, 0.3) is 0 Å². The van der Waals surface area contributed by atoms with E-state index in [1.54, 1.807) is 19.1 Å². The van der Waals surface area contributed by atoms with Crippen LogP contribution in [0.15, 0.2) is 41.3 Å². The summed E-state index contributed by atoms with van der Waals surface area (Å²) in [5.41, 5.74) is -1.66. The van der Waals surface area contributed by atoms with Gasteiger partial charge >= 0.3 is 6.18 Å². The summed E-state index contributed by atoms with van der Waals surface area (Å²) in [7, 11) is 0. The van der Waals surface area contributed by atoms with Gasteiger partial charge in [-0.1, -0.05) is 12.1 Å². The lowest BCUT2D eigenvalue weighted by Gasteiger charge is -2.11. The molecule has 0 aliphatic heterocycles. The van der Waals surface area contributed by atoms with Gasteiger partial charge in [0.25, 0.3) is 5.56 Å². The lowest BCUT2D eigenvalue weighted by atomic mass is 10.1. The van der Waals surface area contributed by atoms with E-state index in [2.05, 4.69) is 5.32 Å². The number of pyridine rings is 1. The number of carbonyl (C=O) groups excluding carboxylic acids is 1. The maximum Gasteiger partial charge on any atom is 0.421 e. The molecule has 4 nitrogen and oxygen atoms in total. The van der Waals surface area contributed by atoms with Gasteiger partial charge in [0.2, 0.25) is 5.91 Å². The molecule has 0 saturated heterocycles. The van der Waals surface area contributed by atoms with Crippen molar-refractivity contribution < 1.29 is 22.4 Å². The fraction of sp³-hybridized carbons (Fsp3) is 0.250. The number of aromatic nitrogens is 1. The van der Waals surface area contributed by atoms with Crippen molar-refractivity contribution in [2.24, 2.45) is 0 Å². The molecule has 1 N–H and O–H groups in total. The van der Waals surface area contributed by atoms with Gasteiger partial charge in [-0.25, -0.2) is 4.39 Å². The molecule has 0 fully saturated rings. The molecule has 1 aromatic heterocycles. The minimum absolute atomic E-state index is 0.00372. The molecule has 128 valence electrons. The SMILES string of the molecule is Cc1ccc(CNC(=O)Cn2cccc(C(F)(F)F)c2=O)cc1F. The van der Waals surface area contributed by atoms with Crippen molar-refractivity contribution in [1.29, 1.82) is 0 Å². The molecule has 0 aliphatic carbocycles. The maximum absolute atomic E-state index is 13.4.